The van der Waals surface area contributed by atoms with Crippen molar-refractivity contribution in [2.45, 2.75) is 31.0 Å². The minimum absolute atomic E-state index is 0.234. The molecule has 9 nitrogen and oxygen atoms in total. The molecule has 0 spiro atoms. The van der Waals surface area contributed by atoms with Gasteiger partial charge in [-0.15, -0.1) is 11.3 Å². The van der Waals surface area contributed by atoms with E-state index in [4.69, 9.17) is 4.74 Å². The lowest BCUT2D eigenvalue weighted by Gasteiger charge is -2.27. The Hall–Kier alpha value is -2.37. The minimum Gasteiger partial charge on any atom is -0.394 e. The van der Waals surface area contributed by atoms with Crippen molar-refractivity contribution in [3.05, 3.63) is 28.8 Å². The fourth-order valence-corrected chi connectivity index (χ4v) is 4.62. The number of nitrogens with one attached hydrogen (secondary N) is 1. The first-order valence-electron chi connectivity index (χ1n) is 8.35. The SMILES string of the molecule is C[C@@]1(O)C(O)C(CO)OC1n1cc2c3c(ncnc31)NC(=O)c1sccc1-2. The van der Waals surface area contributed by atoms with Crippen molar-refractivity contribution in [2.75, 3.05) is 11.9 Å². The summed E-state index contributed by atoms with van der Waals surface area (Å²) in [6, 6.07) is 1.85. The maximum absolute atomic E-state index is 12.4. The summed E-state index contributed by atoms with van der Waals surface area (Å²) in [5.74, 6) is 0.140. The van der Waals surface area contributed by atoms with Gasteiger partial charge >= 0.3 is 0 Å². The number of hydrogen-bond donors (Lipinski definition) is 4. The van der Waals surface area contributed by atoms with Gasteiger partial charge in [0, 0.05) is 17.3 Å². The van der Waals surface area contributed by atoms with Crippen molar-refractivity contribution in [3.8, 4) is 11.1 Å². The summed E-state index contributed by atoms with van der Waals surface area (Å²) in [5.41, 5.74) is 0.278. The van der Waals surface area contributed by atoms with Crippen LogP contribution in [0.4, 0.5) is 5.82 Å². The predicted molar refractivity (Wildman–Crippen MR) is 96.4 cm³/mol. The summed E-state index contributed by atoms with van der Waals surface area (Å²) in [4.78, 5) is 21.5. The molecule has 10 heteroatoms. The number of hydrogen-bond acceptors (Lipinski definition) is 8. The molecule has 4 atom stereocenters. The lowest BCUT2D eigenvalue weighted by Crippen LogP contribution is -2.44. The highest BCUT2D eigenvalue weighted by Crippen LogP contribution is 2.45. The number of anilines is 1. The van der Waals surface area contributed by atoms with E-state index in [-0.39, 0.29) is 5.91 Å². The highest BCUT2D eigenvalue weighted by Gasteiger charge is 2.53. The smallest absolute Gasteiger partial charge is 0.267 e. The number of rotatable bonds is 2. The van der Waals surface area contributed by atoms with Crippen molar-refractivity contribution in [1.82, 2.24) is 14.5 Å². The molecular formula is C17H16N4O5S. The van der Waals surface area contributed by atoms with Crippen molar-refractivity contribution in [3.63, 3.8) is 0 Å². The minimum atomic E-state index is -1.65. The molecule has 0 aliphatic carbocycles. The molecule has 0 bridgehead atoms. The van der Waals surface area contributed by atoms with E-state index in [1.54, 1.807) is 10.8 Å². The van der Waals surface area contributed by atoms with Crippen LogP contribution in [0.15, 0.2) is 24.0 Å². The van der Waals surface area contributed by atoms with Crippen LogP contribution in [0.3, 0.4) is 0 Å². The van der Waals surface area contributed by atoms with Crippen LogP contribution in [0.1, 0.15) is 22.8 Å². The van der Waals surface area contributed by atoms with Crippen molar-refractivity contribution in [1.29, 1.82) is 0 Å². The maximum Gasteiger partial charge on any atom is 0.267 e. The fourth-order valence-electron chi connectivity index (χ4n) is 3.81. The van der Waals surface area contributed by atoms with Crippen LogP contribution >= 0.6 is 11.3 Å². The van der Waals surface area contributed by atoms with Gasteiger partial charge in [0.05, 0.1) is 12.0 Å². The highest BCUT2D eigenvalue weighted by atomic mass is 32.1. The third kappa shape index (κ3) is 2.15. The van der Waals surface area contributed by atoms with Crippen LogP contribution in [-0.2, 0) is 4.74 Å². The number of nitrogens with zero attached hydrogens (tertiary/aromatic N) is 3. The predicted octanol–water partition coefficient (Wildman–Crippen LogP) is 0.727. The molecule has 0 radical (unpaired) electrons. The van der Waals surface area contributed by atoms with Crippen LogP contribution in [0.25, 0.3) is 22.2 Å². The quantitative estimate of drug-likeness (QED) is 0.509. The van der Waals surface area contributed by atoms with E-state index in [0.29, 0.717) is 21.7 Å². The number of aliphatic hydroxyl groups excluding tert-OH is 2. The van der Waals surface area contributed by atoms with E-state index in [1.807, 2.05) is 11.4 Å². The average molecular weight is 388 g/mol. The summed E-state index contributed by atoms with van der Waals surface area (Å²) in [6.45, 7) is 1.03. The number of ether oxygens (including phenoxy) is 1. The standard InChI is InChI=1S/C17H16N4O5S/c1-17(25)12(23)9(5-22)26-16(17)21-4-8-7-2-3-27-11(7)15(24)20-13-10(8)14(21)19-6-18-13/h2-4,6,9,12,16,22-23,25H,5H2,1H3,(H,18,19,20,24)/t9?,12?,16?,17-/m1/s1. The van der Waals surface area contributed by atoms with E-state index >= 15 is 0 Å². The van der Waals surface area contributed by atoms with Crippen molar-refractivity contribution >= 4 is 34.1 Å². The Labute approximate surface area is 156 Å². The summed E-state index contributed by atoms with van der Waals surface area (Å²) in [7, 11) is 0. The molecule has 140 valence electrons. The van der Waals surface area contributed by atoms with Crippen LogP contribution in [0.2, 0.25) is 0 Å². The van der Waals surface area contributed by atoms with Gasteiger partial charge in [-0.3, -0.25) is 4.79 Å². The Bertz CT molecular complexity index is 1070. The van der Waals surface area contributed by atoms with Crippen molar-refractivity contribution < 1.29 is 24.9 Å². The molecule has 5 heterocycles. The van der Waals surface area contributed by atoms with Gasteiger partial charge in [-0.2, -0.15) is 0 Å². The first-order chi connectivity index (χ1) is 12.9. The van der Waals surface area contributed by atoms with Gasteiger partial charge < -0.3 is 29.9 Å². The van der Waals surface area contributed by atoms with Gasteiger partial charge in [0.25, 0.3) is 5.91 Å². The van der Waals surface area contributed by atoms with Gasteiger partial charge in [0.15, 0.2) is 6.23 Å². The molecule has 2 aliphatic rings. The first kappa shape index (κ1) is 16.8. The number of carbonyl (C=O) groups is 1. The molecule has 0 aromatic carbocycles. The Morgan fingerprint density at radius 2 is 2.22 bits per heavy atom. The molecule has 2 aliphatic heterocycles. The molecule has 5 rings (SSSR count). The van der Waals surface area contributed by atoms with Gasteiger partial charge in [-0.25, -0.2) is 9.97 Å². The van der Waals surface area contributed by atoms with Crippen LogP contribution in [0.5, 0.6) is 0 Å². The number of thiophene rings is 1. The van der Waals surface area contributed by atoms with Crippen molar-refractivity contribution in [2.24, 2.45) is 0 Å². The third-order valence-corrected chi connectivity index (χ3v) is 6.10. The summed E-state index contributed by atoms with van der Waals surface area (Å²) < 4.78 is 7.36. The number of carbonyl (C=O) groups excluding carboxylic acids is 1. The molecule has 3 unspecified atom stereocenters. The summed E-state index contributed by atoms with van der Waals surface area (Å²) in [6.07, 6.45) is -0.0990. The molecule has 3 aromatic rings. The second-order valence-electron chi connectivity index (χ2n) is 6.87. The Balaban J connectivity index is 1.77. The third-order valence-electron chi connectivity index (χ3n) is 5.19. The Morgan fingerprint density at radius 3 is 2.96 bits per heavy atom. The van der Waals surface area contributed by atoms with Gasteiger partial charge in [-0.1, -0.05) is 0 Å². The lowest BCUT2D eigenvalue weighted by atomic mass is 9.96. The zero-order valence-corrected chi connectivity index (χ0v) is 15.0. The van der Waals surface area contributed by atoms with Gasteiger partial charge in [0.2, 0.25) is 0 Å². The van der Waals surface area contributed by atoms with E-state index < -0.39 is 30.6 Å². The summed E-state index contributed by atoms with van der Waals surface area (Å²) in [5, 5.41) is 35.9. The van der Waals surface area contributed by atoms with E-state index in [2.05, 4.69) is 15.3 Å². The second-order valence-corrected chi connectivity index (χ2v) is 7.78. The number of aliphatic hydroxyl groups is 3. The molecule has 1 saturated heterocycles. The van der Waals surface area contributed by atoms with E-state index in [9.17, 15) is 20.1 Å². The van der Waals surface area contributed by atoms with Crippen LogP contribution in [0, 0.1) is 0 Å². The molecule has 1 fully saturated rings. The second kappa shape index (κ2) is 5.57. The van der Waals surface area contributed by atoms with E-state index in [0.717, 1.165) is 11.1 Å². The monoisotopic (exact) mass is 388 g/mol. The van der Waals surface area contributed by atoms with E-state index in [1.165, 1.54) is 24.6 Å². The normalized spacial score (nSPS) is 29.6. The average Bonchev–Trinajstić information content (AvgIpc) is 3.29. The number of fused-ring (bicyclic) bond motifs is 2. The first-order valence-corrected chi connectivity index (χ1v) is 9.23. The summed E-state index contributed by atoms with van der Waals surface area (Å²) >= 11 is 1.32. The van der Waals surface area contributed by atoms with Gasteiger partial charge in [-0.05, 0) is 18.4 Å². The molecule has 3 aromatic heterocycles. The molecular weight excluding hydrogens is 372 g/mol. The molecule has 27 heavy (non-hydrogen) atoms. The number of aromatic nitrogens is 3. The zero-order valence-electron chi connectivity index (χ0n) is 14.2. The lowest BCUT2D eigenvalue weighted by molar-refractivity contribution is -0.0948. The number of amides is 1. The molecule has 0 saturated carbocycles. The van der Waals surface area contributed by atoms with Gasteiger partial charge in [0.1, 0.15) is 40.5 Å². The van der Waals surface area contributed by atoms with Crippen LogP contribution < -0.4 is 5.32 Å². The topological polar surface area (TPSA) is 130 Å². The highest BCUT2D eigenvalue weighted by molar-refractivity contribution is 7.12. The Kier molecular flexibility index (Phi) is 3.46. The zero-order chi connectivity index (χ0) is 18.9. The Morgan fingerprint density at radius 1 is 1.41 bits per heavy atom. The van der Waals surface area contributed by atoms with Crippen LogP contribution in [-0.4, -0.2) is 60.2 Å². The fraction of sp³-hybridized carbons (Fsp3) is 0.353. The molecule has 4 N–H and O–H groups in total. The maximum atomic E-state index is 12.4. The largest absolute Gasteiger partial charge is 0.394 e. The molecule has 1 amide bonds.